The lowest BCUT2D eigenvalue weighted by atomic mass is 9.96. The van der Waals surface area contributed by atoms with Gasteiger partial charge in [-0.3, -0.25) is 0 Å². The highest BCUT2D eigenvalue weighted by molar-refractivity contribution is 4.77. The molecule has 0 aliphatic carbocycles. The zero-order chi connectivity index (χ0) is 14.2. The monoisotopic (exact) mass is 281 g/mol. The van der Waals surface area contributed by atoms with Gasteiger partial charge in [0.2, 0.25) is 0 Å². The number of piperidine rings is 1. The predicted octanol–water partition coefficient (Wildman–Crippen LogP) is 2.57. The van der Waals surface area contributed by atoms with E-state index in [0.29, 0.717) is 0 Å². The fraction of sp³-hybridized carbons (Fsp3) is 1.00. The fourth-order valence-electron chi connectivity index (χ4n) is 3.73. The topological polar surface area (TPSA) is 18.5 Å². The van der Waals surface area contributed by atoms with Gasteiger partial charge in [-0.15, -0.1) is 0 Å². The van der Waals surface area contributed by atoms with Crippen LogP contribution in [0.4, 0.5) is 0 Å². The van der Waals surface area contributed by atoms with E-state index in [4.69, 9.17) is 0 Å². The molecular weight excluding hydrogens is 246 g/mol. The van der Waals surface area contributed by atoms with Crippen molar-refractivity contribution in [3.05, 3.63) is 0 Å². The average Bonchev–Trinajstić information content (AvgIpc) is 2.98. The zero-order valence-electron chi connectivity index (χ0n) is 13.7. The van der Waals surface area contributed by atoms with Crippen LogP contribution in [-0.4, -0.2) is 61.7 Å². The Morgan fingerprint density at radius 2 is 1.60 bits per heavy atom. The molecule has 2 fully saturated rings. The summed E-state index contributed by atoms with van der Waals surface area (Å²) >= 11 is 0. The molecule has 0 aromatic heterocycles. The maximum atomic E-state index is 3.69. The number of nitrogens with zero attached hydrogens (tertiary/aromatic N) is 2. The minimum Gasteiger partial charge on any atom is -0.313 e. The van der Waals surface area contributed by atoms with Gasteiger partial charge >= 0.3 is 0 Å². The van der Waals surface area contributed by atoms with Gasteiger partial charge in [-0.05, 0) is 70.6 Å². The Bertz CT molecular complexity index is 239. The number of nitrogens with one attached hydrogen (secondary N) is 1. The molecule has 3 heteroatoms. The molecule has 2 aliphatic rings. The largest absolute Gasteiger partial charge is 0.313 e. The molecule has 0 saturated carbocycles. The Morgan fingerprint density at radius 3 is 2.20 bits per heavy atom. The van der Waals surface area contributed by atoms with E-state index in [2.05, 4.69) is 29.0 Å². The molecule has 0 radical (unpaired) electrons. The highest BCUT2D eigenvalue weighted by Gasteiger charge is 2.22. The number of likely N-dealkylation sites (tertiary alicyclic amines) is 2. The quantitative estimate of drug-likeness (QED) is 0.738. The van der Waals surface area contributed by atoms with Crippen LogP contribution >= 0.6 is 0 Å². The molecule has 1 N–H and O–H groups in total. The smallest absolute Gasteiger partial charge is 0.0107 e. The van der Waals surface area contributed by atoms with Crippen molar-refractivity contribution in [2.24, 2.45) is 5.92 Å². The van der Waals surface area contributed by atoms with Gasteiger partial charge in [-0.2, -0.15) is 0 Å². The average molecular weight is 281 g/mol. The van der Waals surface area contributed by atoms with Crippen LogP contribution in [-0.2, 0) is 0 Å². The van der Waals surface area contributed by atoms with E-state index in [1.165, 1.54) is 84.3 Å². The summed E-state index contributed by atoms with van der Waals surface area (Å²) in [5.74, 6) is 0.969. The van der Waals surface area contributed by atoms with E-state index >= 15 is 0 Å². The van der Waals surface area contributed by atoms with E-state index in [0.717, 1.165) is 12.0 Å². The van der Waals surface area contributed by atoms with Crippen LogP contribution in [0.25, 0.3) is 0 Å². The first-order valence-electron chi connectivity index (χ1n) is 9.00. The fourth-order valence-corrected chi connectivity index (χ4v) is 3.73. The molecule has 3 nitrogen and oxygen atoms in total. The standard InChI is InChI=1S/C17H35N3/c1-3-17(4-2)18-9-14-19-12-7-16(8-13-19)15-20-10-5-6-11-20/h16-18H,3-15H2,1-2H3. The molecule has 2 rings (SSSR count). The van der Waals surface area contributed by atoms with Gasteiger partial charge in [0.15, 0.2) is 0 Å². The summed E-state index contributed by atoms with van der Waals surface area (Å²) in [5.41, 5.74) is 0. The minimum atomic E-state index is 0.725. The Kier molecular flexibility index (Phi) is 7.32. The minimum absolute atomic E-state index is 0.725. The lowest BCUT2D eigenvalue weighted by Crippen LogP contribution is -2.42. The zero-order valence-corrected chi connectivity index (χ0v) is 13.7. The van der Waals surface area contributed by atoms with E-state index in [1.807, 2.05) is 0 Å². The van der Waals surface area contributed by atoms with E-state index < -0.39 is 0 Å². The molecule has 0 unspecified atom stereocenters. The molecule has 0 aromatic rings. The van der Waals surface area contributed by atoms with Gasteiger partial charge in [-0.25, -0.2) is 0 Å². The molecule has 118 valence electrons. The SMILES string of the molecule is CCC(CC)NCCN1CCC(CN2CCCC2)CC1. The normalized spacial score (nSPS) is 22.9. The first kappa shape index (κ1) is 16.3. The van der Waals surface area contributed by atoms with Crippen molar-refractivity contribution in [2.75, 3.05) is 45.8 Å². The molecule has 0 aromatic carbocycles. The summed E-state index contributed by atoms with van der Waals surface area (Å²) in [6, 6.07) is 0.725. The lowest BCUT2D eigenvalue weighted by Gasteiger charge is -2.34. The summed E-state index contributed by atoms with van der Waals surface area (Å²) in [4.78, 5) is 5.35. The Morgan fingerprint density at radius 1 is 0.950 bits per heavy atom. The highest BCUT2D eigenvalue weighted by Crippen LogP contribution is 2.20. The van der Waals surface area contributed by atoms with Crippen molar-refractivity contribution in [1.82, 2.24) is 15.1 Å². The van der Waals surface area contributed by atoms with Crippen molar-refractivity contribution in [2.45, 2.75) is 58.4 Å². The van der Waals surface area contributed by atoms with Crippen molar-refractivity contribution < 1.29 is 0 Å². The van der Waals surface area contributed by atoms with Crippen LogP contribution in [0.5, 0.6) is 0 Å². The second-order valence-electron chi connectivity index (χ2n) is 6.76. The van der Waals surface area contributed by atoms with Crippen LogP contribution in [0, 0.1) is 5.92 Å². The molecule has 2 heterocycles. The van der Waals surface area contributed by atoms with Crippen molar-refractivity contribution in [3.63, 3.8) is 0 Å². The summed E-state index contributed by atoms with van der Waals surface area (Å²) in [6.07, 6.45) is 8.22. The molecule has 0 bridgehead atoms. The number of rotatable bonds is 8. The van der Waals surface area contributed by atoms with Crippen LogP contribution in [0.1, 0.15) is 52.4 Å². The Labute approximate surface area is 126 Å². The second-order valence-corrected chi connectivity index (χ2v) is 6.76. The third kappa shape index (κ3) is 5.34. The predicted molar refractivity (Wildman–Crippen MR) is 87.2 cm³/mol. The van der Waals surface area contributed by atoms with Gasteiger partial charge in [-0.1, -0.05) is 13.8 Å². The lowest BCUT2D eigenvalue weighted by molar-refractivity contribution is 0.153. The van der Waals surface area contributed by atoms with Crippen molar-refractivity contribution in [3.8, 4) is 0 Å². The van der Waals surface area contributed by atoms with E-state index in [-0.39, 0.29) is 0 Å². The Hall–Kier alpha value is -0.120. The summed E-state index contributed by atoms with van der Waals surface area (Å²) in [6.45, 7) is 13.7. The van der Waals surface area contributed by atoms with E-state index in [9.17, 15) is 0 Å². The van der Waals surface area contributed by atoms with Crippen molar-refractivity contribution in [1.29, 1.82) is 0 Å². The van der Waals surface area contributed by atoms with Gasteiger partial charge in [0.25, 0.3) is 0 Å². The number of hydrogen-bond donors (Lipinski definition) is 1. The second kappa shape index (κ2) is 9.01. The first-order valence-corrected chi connectivity index (χ1v) is 9.00. The van der Waals surface area contributed by atoms with Crippen LogP contribution in [0.2, 0.25) is 0 Å². The highest BCUT2D eigenvalue weighted by atomic mass is 15.2. The number of hydrogen-bond acceptors (Lipinski definition) is 3. The van der Waals surface area contributed by atoms with Gasteiger partial charge in [0.05, 0.1) is 0 Å². The summed E-state index contributed by atoms with van der Waals surface area (Å²) < 4.78 is 0. The summed E-state index contributed by atoms with van der Waals surface area (Å²) in [5, 5.41) is 3.69. The maximum absolute atomic E-state index is 3.69. The third-order valence-electron chi connectivity index (χ3n) is 5.27. The van der Waals surface area contributed by atoms with Crippen LogP contribution in [0.15, 0.2) is 0 Å². The van der Waals surface area contributed by atoms with Crippen molar-refractivity contribution >= 4 is 0 Å². The molecule has 0 atom stereocenters. The molecule has 2 saturated heterocycles. The first-order chi connectivity index (χ1) is 9.81. The van der Waals surface area contributed by atoms with Gasteiger partial charge < -0.3 is 15.1 Å². The van der Waals surface area contributed by atoms with Crippen LogP contribution < -0.4 is 5.32 Å². The molecule has 0 spiro atoms. The molecule has 2 aliphatic heterocycles. The summed E-state index contributed by atoms with van der Waals surface area (Å²) in [7, 11) is 0. The van der Waals surface area contributed by atoms with Gasteiger partial charge in [0.1, 0.15) is 0 Å². The molecule has 20 heavy (non-hydrogen) atoms. The van der Waals surface area contributed by atoms with Crippen LogP contribution in [0.3, 0.4) is 0 Å². The molecule has 0 amide bonds. The van der Waals surface area contributed by atoms with E-state index in [1.54, 1.807) is 0 Å². The third-order valence-corrected chi connectivity index (χ3v) is 5.27. The Balaban J connectivity index is 1.54. The maximum Gasteiger partial charge on any atom is 0.0107 e. The molecular formula is C17H35N3. The van der Waals surface area contributed by atoms with Gasteiger partial charge in [0, 0.05) is 25.7 Å².